The number of nitrogens with zero attached hydrogens (tertiary/aromatic N) is 2. The molecule has 0 amide bonds. The zero-order valence-electron chi connectivity index (χ0n) is 11.0. The van der Waals surface area contributed by atoms with Crippen molar-refractivity contribution >= 4 is 22.8 Å². The number of nitrogens with one attached hydrogen (secondary N) is 1. The van der Waals surface area contributed by atoms with Crippen molar-refractivity contribution in [1.82, 2.24) is 15.0 Å². The number of hydrogen-bond acceptors (Lipinski definition) is 4. The third kappa shape index (κ3) is 2.76. The van der Waals surface area contributed by atoms with Gasteiger partial charge in [0.05, 0.1) is 16.6 Å². The minimum atomic E-state index is -0.372. The maximum atomic E-state index is 12.1. The summed E-state index contributed by atoms with van der Waals surface area (Å²) >= 11 is 0. The highest BCUT2D eigenvalue weighted by Gasteiger charge is 2.08. The van der Waals surface area contributed by atoms with Crippen LogP contribution in [0.15, 0.2) is 59.5 Å². The number of H-pyrrole nitrogens is 1. The van der Waals surface area contributed by atoms with Gasteiger partial charge < -0.3 is 4.98 Å². The first kappa shape index (κ1) is 12.9. The summed E-state index contributed by atoms with van der Waals surface area (Å²) in [7, 11) is 0. The van der Waals surface area contributed by atoms with Crippen LogP contribution in [0.4, 0.5) is 0 Å². The van der Waals surface area contributed by atoms with Crippen LogP contribution in [-0.4, -0.2) is 20.7 Å². The fourth-order valence-corrected chi connectivity index (χ4v) is 1.92. The van der Waals surface area contributed by atoms with E-state index in [1.807, 2.05) is 6.07 Å². The molecular formula is C16H11N3O2. The Kier molecular flexibility index (Phi) is 3.39. The lowest BCUT2D eigenvalue weighted by atomic mass is 10.2. The van der Waals surface area contributed by atoms with Crippen LogP contribution in [0.25, 0.3) is 17.0 Å². The fourth-order valence-electron chi connectivity index (χ4n) is 1.92. The van der Waals surface area contributed by atoms with Crippen molar-refractivity contribution in [2.45, 2.75) is 0 Å². The van der Waals surface area contributed by atoms with E-state index >= 15 is 0 Å². The van der Waals surface area contributed by atoms with E-state index < -0.39 is 0 Å². The molecule has 102 valence electrons. The number of benzene rings is 1. The van der Waals surface area contributed by atoms with Gasteiger partial charge in [0.15, 0.2) is 5.82 Å². The summed E-state index contributed by atoms with van der Waals surface area (Å²) < 4.78 is 0. The standard InChI is InChI=1S/C16H11N3O2/c20-14(9-8-11-5-3-4-10-17-11)15-18-13-7-2-1-6-12(13)16(21)19-15/h1-10H,(H,18,19,21)/b9-8+. The van der Waals surface area contributed by atoms with E-state index in [1.54, 1.807) is 48.7 Å². The molecule has 0 bridgehead atoms. The van der Waals surface area contributed by atoms with Crippen LogP contribution in [0.5, 0.6) is 0 Å². The molecule has 0 aliphatic carbocycles. The molecule has 2 heterocycles. The molecule has 1 aromatic carbocycles. The molecule has 0 fully saturated rings. The van der Waals surface area contributed by atoms with Crippen LogP contribution in [0.1, 0.15) is 16.3 Å². The minimum Gasteiger partial charge on any atom is -0.303 e. The number of ketones is 1. The summed E-state index contributed by atoms with van der Waals surface area (Å²) in [5.74, 6) is -0.352. The molecule has 0 aliphatic rings. The van der Waals surface area contributed by atoms with Crippen molar-refractivity contribution in [3.8, 4) is 0 Å². The lowest BCUT2D eigenvalue weighted by molar-refractivity contribution is 0.103. The fraction of sp³-hybridized carbons (Fsp3) is 0. The summed E-state index contributed by atoms with van der Waals surface area (Å²) in [5, 5.41) is 0.461. The van der Waals surface area contributed by atoms with Crippen molar-refractivity contribution in [3.05, 3.63) is 76.6 Å². The molecule has 5 nitrogen and oxygen atoms in total. The number of hydrogen-bond donors (Lipinski definition) is 1. The van der Waals surface area contributed by atoms with E-state index in [2.05, 4.69) is 15.0 Å². The highest BCUT2D eigenvalue weighted by molar-refractivity contribution is 6.04. The third-order valence-corrected chi connectivity index (χ3v) is 2.94. The summed E-state index contributed by atoms with van der Waals surface area (Å²) in [6.07, 6.45) is 4.56. The van der Waals surface area contributed by atoms with Crippen LogP contribution in [0.3, 0.4) is 0 Å². The Balaban J connectivity index is 1.95. The summed E-state index contributed by atoms with van der Waals surface area (Å²) in [6, 6.07) is 12.3. The predicted molar refractivity (Wildman–Crippen MR) is 80.0 cm³/mol. The first-order valence-electron chi connectivity index (χ1n) is 6.36. The number of carbonyl (C=O) groups excluding carboxylic acids is 1. The number of fused-ring (bicyclic) bond motifs is 1. The van der Waals surface area contributed by atoms with Gasteiger partial charge in [-0.3, -0.25) is 14.6 Å². The zero-order chi connectivity index (χ0) is 14.7. The van der Waals surface area contributed by atoms with E-state index in [4.69, 9.17) is 0 Å². The van der Waals surface area contributed by atoms with E-state index in [-0.39, 0.29) is 17.2 Å². The monoisotopic (exact) mass is 277 g/mol. The maximum absolute atomic E-state index is 12.1. The third-order valence-electron chi connectivity index (χ3n) is 2.94. The number of para-hydroxylation sites is 1. The lowest BCUT2D eigenvalue weighted by Crippen LogP contribution is -2.14. The van der Waals surface area contributed by atoms with E-state index in [9.17, 15) is 9.59 Å². The Morgan fingerprint density at radius 1 is 1.10 bits per heavy atom. The first-order chi connectivity index (χ1) is 10.2. The van der Waals surface area contributed by atoms with Crippen LogP contribution < -0.4 is 5.56 Å². The Morgan fingerprint density at radius 3 is 2.71 bits per heavy atom. The average Bonchev–Trinajstić information content (AvgIpc) is 2.53. The zero-order valence-corrected chi connectivity index (χ0v) is 11.0. The molecule has 0 spiro atoms. The van der Waals surface area contributed by atoms with Gasteiger partial charge in [-0.05, 0) is 36.4 Å². The van der Waals surface area contributed by atoms with Gasteiger partial charge in [-0.15, -0.1) is 0 Å². The number of rotatable bonds is 3. The summed E-state index contributed by atoms with van der Waals surface area (Å²) in [6.45, 7) is 0. The Labute approximate surface area is 120 Å². The molecule has 0 aliphatic heterocycles. The molecule has 0 radical (unpaired) electrons. The van der Waals surface area contributed by atoms with Crippen LogP contribution in [0, 0.1) is 0 Å². The van der Waals surface area contributed by atoms with E-state index in [0.717, 1.165) is 0 Å². The van der Waals surface area contributed by atoms with Crippen molar-refractivity contribution in [2.24, 2.45) is 0 Å². The second kappa shape index (κ2) is 5.50. The number of pyridine rings is 1. The van der Waals surface area contributed by atoms with Crippen LogP contribution >= 0.6 is 0 Å². The van der Waals surface area contributed by atoms with Gasteiger partial charge in [-0.2, -0.15) is 0 Å². The molecule has 0 unspecified atom stereocenters. The molecular weight excluding hydrogens is 266 g/mol. The topological polar surface area (TPSA) is 75.7 Å². The number of allylic oxidation sites excluding steroid dienone is 1. The molecule has 5 heteroatoms. The Morgan fingerprint density at radius 2 is 1.90 bits per heavy atom. The molecule has 1 N–H and O–H groups in total. The maximum Gasteiger partial charge on any atom is 0.259 e. The van der Waals surface area contributed by atoms with Crippen molar-refractivity contribution in [2.75, 3.05) is 0 Å². The quantitative estimate of drug-likeness (QED) is 0.588. The van der Waals surface area contributed by atoms with Gasteiger partial charge in [0.1, 0.15) is 0 Å². The van der Waals surface area contributed by atoms with Crippen LogP contribution in [-0.2, 0) is 0 Å². The van der Waals surface area contributed by atoms with Crippen molar-refractivity contribution in [1.29, 1.82) is 0 Å². The average molecular weight is 277 g/mol. The summed E-state index contributed by atoms with van der Waals surface area (Å²) in [4.78, 5) is 34.7. The SMILES string of the molecule is O=C(/C=C/c1ccccn1)c1nc2ccccc2c(=O)[nH]1. The van der Waals surface area contributed by atoms with Gasteiger partial charge in [0.25, 0.3) is 5.56 Å². The number of aromatic amines is 1. The molecule has 3 aromatic rings. The Bertz CT molecular complexity index is 883. The first-order valence-corrected chi connectivity index (χ1v) is 6.36. The molecule has 3 rings (SSSR count). The van der Waals surface area contributed by atoms with Gasteiger partial charge in [0, 0.05) is 6.20 Å². The van der Waals surface area contributed by atoms with Gasteiger partial charge in [-0.25, -0.2) is 4.98 Å². The normalized spacial score (nSPS) is 11.0. The Hall–Kier alpha value is -3.08. The predicted octanol–water partition coefficient (Wildman–Crippen LogP) is 2.21. The highest BCUT2D eigenvalue weighted by atomic mass is 16.1. The molecule has 0 atom stereocenters. The molecule has 2 aromatic heterocycles. The number of carbonyl (C=O) groups is 1. The molecule has 21 heavy (non-hydrogen) atoms. The van der Waals surface area contributed by atoms with Crippen molar-refractivity contribution < 1.29 is 4.79 Å². The van der Waals surface area contributed by atoms with E-state index in [0.29, 0.717) is 16.6 Å². The van der Waals surface area contributed by atoms with E-state index in [1.165, 1.54) is 6.08 Å². The smallest absolute Gasteiger partial charge is 0.259 e. The molecule has 0 saturated carbocycles. The second-order valence-corrected chi connectivity index (χ2v) is 4.38. The minimum absolute atomic E-state index is 0.0193. The summed E-state index contributed by atoms with van der Waals surface area (Å²) in [5.41, 5.74) is 0.833. The largest absolute Gasteiger partial charge is 0.303 e. The lowest BCUT2D eigenvalue weighted by Gasteiger charge is -1.99. The van der Waals surface area contributed by atoms with Gasteiger partial charge in [-0.1, -0.05) is 18.2 Å². The van der Waals surface area contributed by atoms with Crippen molar-refractivity contribution in [3.63, 3.8) is 0 Å². The highest BCUT2D eigenvalue weighted by Crippen LogP contribution is 2.06. The van der Waals surface area contributed by atoms with Crippen LogP contribution in [0.2, 0.25) is 0 Å². The van der Waals surface area contributed by atoms with Gasteiger partial charge in [0.2, 0.25) is 5.78 Å². The number of aromatic nitrogens is 3. The molecule has 0 saturated heterocycles. The van der Waals surface area contributed by atoms with Gasteiger partial charge >= 0.3 is 0 Å². The second-order valence-electron chi connectivity index (χ2n) is 4.38.